The minimum atomic E-state index is 0.614. The van der Waals surface area contributed by atoms with Crippen LogP contribution in [0.15, 0.2) is 18.5 Å². The Balaban J connectivity index is 1.67. The standard InChI is InChI=1S/C14H22ClN3O/c1-12(2)18-5-3-17(4-6-18)7-8-19-14-9-13(15)10-16-11-14/h9-12H,3-8H2,1-2H3. The lowest BCUT2D eigenvalue weighted by Crippen LogP contribution is -2.49. The number of nitrogens with zero attached hydrogens (tertiary/aromatic N) is 3. The van der Waals surface area contributed by atoms with Gasteiger partial charge in [-0.05, 0) is 13.8 Å². The molecule has 0 saturated carbocycles. The molecule has 0 spiro atoms. The molecule has 106 valence electrons. The molecule has 0 aromatic carbocycles. The van der Waals surface area contributed by atoms with Gasteiger partial charge in [-0.3, -0.25) is 14.8 Å². The molecular weight excluding hydrogens is 262 g/mol. The fourth-order valence-corrected chi connectivity index (χ4v) is 2.43. The summed E-state index contributed by atoms with van der Waals surface area (Å²) in [5.41, 5.74) is 0. The van der Waals surface area contributed by atoms with E-state index >= 15 is 0 Å². The largest absolute Gasteiger partial charge is 0.491 e. The van der Waals surface area contributed by atoms with Gasteiger partial charge in [-0.1, -0.05) is 11.6 Å². The topological polar surface area (TPSA) is 28.6 Å². The van der Waals surface area contributed by atoms with Gasteiger partial charge in [-0.25, -0.2) is 0 Å². The van der Waals surface area contributed by atoms with E-state index in [1.807, 2.05) is 0 Å². The SMILES string of the molecule is CC(C)N1CCN(CCOc2cncc(Cl)c2)CC1. The third-order valence-corrected chi connectivity index (χ3v) is 3.70. The summed E-state index contributed by atoms with van der Waals surface area (Å²) >= 11 is 5.86. The third-order valence-electron chi connectivity index (χ3n) is 3.49. The second-order valence-corrected chi connectivity index (χ2v) is 5.60. The van der Waals surface area contributed by atoms with Crippen molar-refractivity contribution in [1.82, 2.24) is 14.8 Å². The van der Waals surface area contributed by atoms with Crippen LogP contribution in [-0.4, -0.2) is 60.2 Å². The first-order chi connectivity index (χ1) is 9.15. The van der Waals surface area contributed by atoms with Crippen molar-refractivity contribution in [3.8, 4) is 5.75 Å². The van der Waals surface area contributed by atoms with E-state index in [0.29, 0.717) is 17.7 Å². The van der Waals surface area contributed by atoms with Gasteiger partial charge >= 0.3 is 0 Å². The highest BCUT2D eigenvalue weighted by Crippen LogP contribution is 2.15. The van der Waals surface area contributed by atoms with Gasteiger partial charge in [0.05, 0.1) is 11.2 Å². The quantitative estimate of drug-likeness (QED) is 0.828. The molecule has 0 N–H and O–H groups in total. The van der Waals surface area contributed by atoms with E-state index in [2.05, 4.69) is 28.6 Å². The van der Waals surface area contributed by atoms with Crippen LogP contribution in [0.25, 0.3) is 0 Å². The molecule has 5 heteroatoms. The van der Waals surface area contributed by atoms with Crippen LogP contribution in [0.4, 0.5) is 0 Å². The van der Waals surface area contributed by atoms with Crippen LogP contribution in [0.2, 0.25) is 5.02 Å². The van der Waals surface area contributed by atoms with Gasteiger partial charge in [0.1, 0.15) is 12.4 Å². The summed E-state index contributed by atoms with van der Waals surface area (Å²) in [4.78, 5) is 8.96. The van der Waals surface area contributed by atoms with Crippen molar-refractivity contribution in [1.29, 1.82) is 0 Å². The van der Waals surface area contributed by atoms with Gasteiger partial charge in [0, 0.05) is 51.0 Å². The summed E-state index contributed by atoms with van der Waals surface area (Å²) in [6, 6.07) is 2.45. The zero-order valence-electron chi connectivity index (χ0n) is 11.7. The van der Waals surface area contributed by atoms with Gasteiger partial charge in [0.2, 0.25) is 0 Å². The van der Waals surface area contributed by atoms with Crippen LogP contribution in [0.3, 0.4) is 0 Å². The molecule has 0 aliphatic carbocycles. The van der Waals surface area contributed by atoms with E-state index in [-0.39, 0.29) is 0 Å². The molecule has 1 saturated heterocycles. The fraction of sp³-hybridized carbons (Fsp3) is 0.643. The molecule has 1 aliphatic heterocycles. The van der Waals surface area contributed by atoms with E-state index in [0.717, 1.165) is 38.5 Å². The van der Waals surface area contributed by atoms with Crippen molar-refractivity contribution in [2.45, 2.75) is 19.9 Å². The lowest BCUT2D eigenvalue weighted by molar-refractivity contribution is 0.0971. The van der Waals surface area contributed by atoms with Crippen molar-refractivity contribution in [3.63, 3.8) is 0 Å². The second-order valence-electron chi connectivity index (χ2n) is 5.16. The average molecular weight is 284 g/mol. The first-order valence-electron chi connectivity index (χ1n) is 6.85. The Morgan fingerprint density at radius 2 is 2.00 bits per heavy atom. The highest BCUT2D eigenvalue weighted by molar-refractivity contribution is 6.30. The number of pyridine rings is 1. The zero-order valence-corrected chi connectivity index (χ0v) is 12.4. The first kappa shape index (κ1) is 14.6. The summed E-state index contributed by atoms with van der Waals surface area (Å²) in [7, 11) is 0. The Morgan fingerprint density at radius 3 is 2.63 bits per heavy atom. The van der Waals surface area contributed by atoms with Crippen LogP contribution < -0.4 is 4.74 Å². The molecule has 0 unspecified atom stereocenters. The molecule has 2 rings (SSSR count). The van der Waals surface area contributed by atoms with Crippen molar-refractivity contribution in [2.75, 3.05) is 39.3 Å². The van der Waals surface area contributed by atoms with Crippen molar-refractivity contribution in [2.24, 2.45) is 0 Å². The highest BCUT2D eigenvalue weighted by Gasteiger charge is 2.18. The highest BCUT2D eigenvalue weighted by atomic mass is 35.5. The number of aromatic nitrogens is 1. The maximum absolute atomic E-state index is 5.86. The minimum Gasteiger partial charge on any atom is -0.491 e. The molecule has 1 aromatic rings. The van der Waals surface area contributed by atoms with Crippen LogP contribution in [-0.2, 0) is 0 Å². The average Bonchev–Trinajstić information content (AvgIpc) is 2.39. The summed E-state index contributed by atoms with van der Waals surface area (Å²) in [6.45, 7) is 10.7. The van der Waals surface area contributed by atoms with E-state index in [4.69, 9.17) is 16.3 Å². The predicted octanol–water partition coefficient (Wildman–Crippen LogP) is 2.14. The van der Waals surface area contributed by atoms with Crippen LogP contribution in [0, 0.1) is 0 Å². The molecule has 19 heavy (non-hydrogen) atoms. The predicted molar refractivity (Wildman–Crippen MR) is 77.9 cm³/mol. The maximum Gasteiger partial charge on any atom is 0.139 e. The Labute approximate surface area is 120 Å². The Morgan fingerprint density at radius 1 is 1.26 bits per heavy atom. The summed E-state index contributed by atoms with van der Waals surface area (Å²) in [5, 5.41) is 0.614. The lowest BCUT2D eigenvalue weighted by atomic mass is 10.2. The number of halogens is 1. The molecule has 1 aliphatic rings. The molecule has 0 bridgehead atoms. The molecular formula is C14H22ClN3O. The van der Waals surface area contributed by atoms with Gasteiger partial charge in [0.15, 0.2) is 0 Å². The van der Waals surface area contributed by atoms with Crippen LogP contribution >= 0.6 is 11.6 Å². The maximum atomic E-state index is 5.86. The van der Waals surface area contributed by atoms with E-state index in [1.165, 1.54) is 0 Å². The Bertz CT molecular complexity index is 392. The molecule has 2 heterocycles. The van der Waals surface area contributed by atoms with Crippen molar-refractivity contribution >= 4 is 11.6 Å². The Hall–Kier alpha value is -0.840. The lowest BCUT2D eigenvalue weighted by Gasteiger charge is -2.36. The summed E-state index contributed by atoms with van der Waals surface area (Å²) in [5.74, 6) is 0.744. The van der Waals surface area contributed by atoms with Crippen LogP contribution in [0.1, 0.15) is 13.8 Å². The van der Waals surface area contributed by atoms with Gasteiger partial charge in [-0.15, -0.1) is 0 Å². The molecule has 1 fully saturated rings. The first-order valence-corrected chi connectivity index (χ1v) is 7.22. The summed E-state index contributed by atoms with van der Waals surface area (Å²) < 4.78 is 5.66. The fourth-order valence-electron chi connectivity index (χ4n) is 2.27. The van der Waals surface area contributed by atoms with E-state index < -0.39 is 0 Å². The van der Waals surface area contributed by atoms with Gasteiger partial charge in [-0.2, -0.15) is 0 Å². The second kappa shape index (κ2) is 7.08. The monoisotopic (exact) mass is 283 g/mol. The van der Waals surface area contributed by atoms with Gasteiger partial charge in [0.25, 0.3) is 0 Å². The summed E-state index contributed by atoms with van der Waals surface area (Å²) in [6.07, 6.45) is 3.31. The minimum absolute atomic E-state index is 0.614. The third kappa shape index (κ3) is 4.64. The number of ether oxygens (including phenoxy) is 1. The van der Waals surface area contributed by atoms with E-state index in [9.17, 15) is 0 Å². The molecule has 0 atom stereocenters. The zero-order chi connectivity index (χ0) is 13.7. The number of piperazine rings is 1. The van der Waals surface area contributed by atoms with Gasteiger partial charge < -0.3 is 4.74 Å². The van der Waals surface area contributed by atoms with Crippen molar-refractivity contribution in [3.05, 3.63) is 23.5 Å². The van der Waals surface area contributed by atoms with E-state index in [1.54, 1.807) is 18.5 Å². The normalized spacial score (nSPS) is 17.9. The molecule has 0 amide bonds. The smallest absolute Gasteiger partial charge is 0.139 e. The molecule has 4 nitrogen and oxygen atoms in total. The Kier molecular flexibility index (Phi) is 5.43. The number of rotatable bonds is 5. The van der Waals surface area contributed by atoms with Crippen LogP contribution in [0.5, 0.6) is 5.75 Å². The number of hydrogen-bond acceptors (Lipinski definition) is 4. The number of hydrogen-bond donors (Lipinski definition) is 0. The molecule has 0 radical (unpaired) electrons. The van der Waals surface area contributed by atoms with Crippen molar-refractivity contribution < 1.29 is 4.74 Å². The molecule has 1 aromatic heterocycles.